The van der Waals surface area contributed by atoms with Crippen LogP contribution in [0.5, 0.6) is 0 Å². The molecule has 0 N–H and O–H groups in total. The molecule has 0 aliphatic carbocycles. The van der Waals surface area contributed by atoms with Crippen molar-refractivity contribution in [3.8, 4) is 0 Å². The molecule has 0 spiro atoms. The van der Waals surface area contributed by atoms with Crippen molar-refractivity contribution in [1.29, 1.82) is 0 Å². The van der Waals surface area contributed by atoms with Crippen molar-refractivity contribution >= 4 is 17.9 Å². The molecule has 1 rings (SSSR count). The van der Waals surface area contributed by atoms with E-state index in [0.717, 1.165) is 19.5 Å². The van der Waals surface area contributed by atoms with Gasteiger partial charge in [-0.25, -0.2) is 0 Å². The molecule has 17 heavy (non-hydrogen) atoms. The van der Waals surface area contributed by atoms with Gasteiger partial charge in [0.15, 0.2) is 6.29 Å². The molecule has 0 saturated carbocycles. The predicted octanol–water partition coefficient (Wildman–Crippen LogP) is 3.56. The van der Waals surface area contributed by atoms with E-state index in [1.165, 1.54) is 0 Å². The number of hydrogen-bond donors (Lipinski definition) is 0. The Balaban J connectivity index is 0.000000304. The zero-order chi connectivity index (χ0) is 13.1. The molecular weight excluding hydrogens is 240 g/mol. The predicted molar refractivity (Wildman–Crippen MR) is 69.6 cm³/mol. The monoisotopic (exact) mass is 258 g/mol. The lowest BCUT2D eigenvalue weighted by atomic mass is 10.2. The summed E-state index contributed by atoms with van der Waals surface area (Å²) in [6.45, 7) is 7.25. The van der Waals surface area contributed by atoms with E-state index in [0.29, 0.717) is 10.6 Å². The van der Waals surface area contributed by atoms with Crippen LogP contribution in [0.4, 0.5) is 0 Å². The van der Waals surface area contributed by atoms with Gasteiger partial charge in [0.25, 0.3) is 0 Å². The second-order valence-corrected chi connectivity index (χ2v) is 3.58. The summed E-state index contributed by atoms with van der Waals surface area (Å²) >= 11 is 5.55. The molecule has 0 unspecified atom stereocenters. The fraction of sp³-hybridized carbons (Fsp3) is 0.462. The molecule has 0 aliphatic rings. The summed E-state index contributed by atoms with van der Waals surface area (Å²) in [5.74, 6) is 0. The van der Waals surface area contributed by atoms with E-state index in [4.69, 9.17) is 21.1 Å². The van der Waals surface area contributed by atoms with E-state index in [1.54, 1.807) is 24.3 Å². The van der Waals surface area contributed by atoms with Gasteiger partial charge in [0, 0.05) is 23.8 Å². The van der Waals surface area contributed by atoms with Gasteiger partial charge in [-0.2, -0.15) is 0 Å². The second kappa shape index (κ2) is 10.3. The van der Waals surface area contributed by atoms with E-state index >= 15 is 0 Å². The largest absolute Gasteiger partial charge is 0.353 e. The van der Waals surface area contributed by atoms with Crippen LogP contribution in [-0.2, 0) is 9.47 Å². The number of rotatable bonds is 5. The maximum Gasteiger partial charge on any atom is 0.154 e. The van der Waals surface area contributed by atoms with Gasteiger partial charge in [-0.3, -0.25) is 4.79 Å². The van der Waals surface area contributed by atoms with Crippen LogP contribution in [0.15, 0.2) is 24.3 Å². The molecule has 4 heteroatoms. The lowest BCUT2D eigenvalue weighted by molar-refractivity contribution is -0.123. The molecule has 0 radical (unpaired) electrons. The zero-order valence-corrected chi connectivity index (χ0v) is 11.2. The number of carbonyl (C=O) groups excluding carboxylic acids is 1. The van der Waals surface area contributed by atoms with Crippen LogP contribution >= 0.6 is 11.6 Å². The number of halogens is 1. The number of aldehydes is 1. The Bertz CT molecular complexity index is 292. The van der Waals surface area contributed by atoms with Gasteiger partial charge in [0.05, 0.1) is 0 Å². The van der Waals surface area contributed by atoms with Crippen LogP contribution in [0.2, 0.25) is 5.02 Å². The molecule has 1 aromatic rings. The van der Waals surface area contributed by atoms with Crippen LogP contribution in [0.3, 0.4) is 0 Å². The molecule has 1 aromatic carbocycles. The maximum absolute atomic E-state index is 10.1. The summed E-state index contributed by atoms with van der Waals surface area (Å²) in [5.41, 5.74) is 0.652. The Labute approximate surface area is 108 Å². The first-order chi connectivity index (χ1) is 8.13. The SMILES string of the molecule is CCOC(C)OCC.O=Cc1ccc(Cl)cc1. The van der Waals surface area contributed by atoms with Crippen molar-refractivity contribution in [2.75, 3.05) is 13.2 Å². The van der Waals surface area contributed by atoms with Crippen LogP contribution < -0.4 is 0 Å². The minimum atomic E-state index is -0.0370. The molecule has 0 aromatic heterocycles. The first kappa shape index (κ1) is 16.1. The maximum atomic E-state index is 10.1. The summed E-state index contributed by atoms with van der Waals surface area (Å²) in [6, 6.07) is 6.72. The molecular formula is C13H19ClO3. The first-order valence-corrected chi connectivity index (χ1v) is 5.95. The van der Waals surface area contributed by atoms with Crippen molar-refractivity contribution in [1.82, 2.24) is 0 Å². The molecule has 96 valence electrons. The zero-order valence-electron chi connectivity index (χ0n) is 10.5. The summed E-state index contributed by atoms with van der Waals surface area (Å²) in [7, 11) is 0. The average molecular weight is 259 g/mol. The Hall–Kier alpha value is -0.900. The van der Waals surface area contributed by atoms with Crippen molar-refractivity contribution in [2.24, 2.45) is 0 Å². The molecule has 0 atom stereocenters. The number of benzene rings is 1. The highest BCUT2D eigenvalue weighted by atomic mass is 35.5. The fourth-order valence-electron chi connectivity index (χ4n) is 1.06. The van der Waals surface area contributed by atoms with Crippen LogP contribution in [0, 0.1) is 0 Å². The molecule has 0 saturated heterocycles. The lowest BCUT2D eigenvalue weighted by Crippen LogP contribution is -2.11. The number of ether oxygens (including phenoxy) is 2. The smallest absolute Gasteiger partial charge is 0.154 e. The summed E-state index contributed by atoms with van der Waals surface area (Å²) in [6.07, 6.45) is 0.751. The molecule has 0 aliphatic heterocycles. The van der Waals surface area contributed by atoms with Gasteiger partial charge in [-0.05, 0) is 32.9 Å². The standard InChI is InChI=1S/C7H5ClO.C6H14O2/c8-7-3-1-6(5-9)2-4-7;1-4-7-6(3)8-5-2/h1-5H;6H,4-5H2,1-3H3. The molecule has 0 bridgehead atoms. The van der Waals surface area contributed by atoms with Gasteiger partial charge in [0.2, 0.25) is 0 Å². The Morgan fingerprint density at radius 3 is 2.00 bits per heavy atom. The average Bonchev–Trinajstić information content (AvgIpc) is 2.32. The summed E-state index contributed by atoms with van der Waals surface area (Å²) < 4.78 is 10.1. The van der Waals surface area contributed by atoms with E-state index in [-0.39, 0.29) is 6.29 Å². The van der Waals surface area contributed by atoms with E-state index in [9.17, 15) is 4.79 Å². The fourth-order valence-corrected chi connectivity index (χ4v) is 1.18. The summed E-state index contributed by atoms with van der Waals surface area (Å²) in [5, 5.41) is 0.653. The third-order valence-electron chi connectivity index (χ3n) is 1.81. The van der Waals surface area contributed by atoms with E-state index < -0.39 is 0 Å². The van der Waals surface area contributed by atoms with Gasteiger partial charge < -0.3 is 9.47 Å². The van der Waals surface area contributed by atoms with Crippen LogP contribution in [0.25, 0.3) is 0 Å². The van der Waals surface area contributed by atoms with Crippen molar-refractivity contribution in [2.45, 2.75) is 27.1 Å². The Morgan fingerprint density at radius 1 is 1.18 bits per heavy atom. The number of hydrogen-bond acceptors (Lipinski definition) is 3. The Morgan fingerprint density at radius 2 is 1.65 bits per heavy atom. The third-order valence-corrected chi connectivity index (χ3v) is 2.06. The van der Waals surface area contributed by atoms with E-state index in [1.807, 2.05) is 20.8 Å². The van der Waals surface area contributed by atoms with Gasteiger partial charge >= 0.3 is 0 Å². The van der Waals surface area contributed by atoms with Crippen molar-refractivity contribution in [3.63, 3.8) is 0 Å². The quantitative estimate of drug-likeness (QED) is 0.598. The van der Waals surface area contributed by atoms with Gasteiger partial charge in [0.1, 0.15) is 6.29 Å². The minimum Gasteiger partial charge on any atom is -0.353 e. The lowest BCUT2D eigenvalue weighted by Gasteiger charge is -2.09. The van der Waals surface area contributed by atoms with Crippen molar-refractivity contribution < 1.29 is 14.3 Å². The normalized spacial score (nSPS) is 9.71. The van der Waals surface area contributed by atoms with Gasteiger partial charge in [-0.1, -0.05) is 23.7 Å². The van der Waals surface area contributed by atoms with Crippen LogP contribution in [-0.4, -0.2) is 25.8 Å². The highest BCUT2D eigenvalue weighted by Crippen LogP contribution is 2.07. The molecule has 0 fully saturated rings. The van der Waals surface area contributed by atoms with Crippen LogP contribution in [0.1, 0.15) is 31.1 Å². The Kier molecular flexibility index (Phi) is 9.72. The first-order valence-electron chi connectivity index (χ1n) is 5.58. The highest BCUT2D eigenvalue weighted by Gasteiger charge is 1.94. The topological polar surface area (TPSA) is 35.5 Å². The van der Waals surface area contributed by atoms with Gasteiger partial charge in [-0.15, -0.1) is 0 Å². The minimum absolute atomic E-state index is 0.0370. The number of carbonyl (C=O) groups is 1. The van der Waals surface area contributed by atoms with Crippen molar-refractivity contribution in [3.05, 3.63) is 34.9 Å². The molecule has 3 nitrogen and oxygen atoms in total. The van der Waals surface area contributed by atoms with E-state index in [2.05, 4.69) is 0 Å². The highest BCUT2D eigenvalue weighted by molar-refractivity contribution is 6.30. The third kappa shape index (κ3) is 8.86. The summed E-state index contributed by atoms with van der Waals surface area (Å²) in [4.78, 5) is 10.1. The molecule has 0 heterocycles. The second-order valence-electron chi connectivity index (χ2n) is 3.15. The molecule has 0 amide bonds.